The van der Waals surface area contributed by atoms with Crippen LogP contribution >= 0.6 is 11.6 Å². The number of halogens is 4. The Morgan fingerprint density at radius 3 is 2.71 bits per heavy atom. The van der Waals surface area contributed by atoms with Crippen molar-refractivity contribution in [3.8, 4) is 0 Å². The maximum Gasteiger partial charge on any atom is 0.390 e. The van der Waals surface area contributed by atoms with Gasteiger partial charge in [-0.05, 0) is 12.5 Å². The highest BCUT2D eigenvalue weighted by Gasteiger charge is 2.28. The lowest BCUT2D eigenvalue weighted by Crippen LogP contribution is -2.30. The first-order valence-electron chi connectivity index (χ1n) is 6.46. The summed E-state index contributed by atoms with van der Waals surface area (Å²) in [5.41, 5.74) is 0.134. The number of nitrogens with zero attached hydrogens (tertiary/aromatic N) is 2. The Bertz CT molecular complexity index is 494. The fourth-order valence-corrected chi connectivity index (χ4v) is 1.74. The van der Waals surface area contributed by atoms with E-state index in [-0.39, 0.29) is 10.6 Å². The number of amides is 1. The molecule has 1 aromatic heterocycles. The first-order chi connectivity index (χ1) is 9.74. The van der Waals surface area contributed by atoms with Gasteiger partial charge in [0.15, 0.2) is 0 Å². The molecule has 1 aromatic rings. The van der Waals surface area contributed by atoms with Gasteiger partial charge in [0.25, 0.3) is 5.91 Å². The van der Waals surface area contributed by atoms with Crippen LogP contribution in [0.15, 0.2) is 12.3 Å². The monoisotopic (exact) mass is 323 g/mol. The summed E-state index contributed by atoms with van der Waals surface area (Å²) in [6.07, 6.45) is -3.17. The molecule has 0 radical (unpaired) electrons. The number of hydrogen-bond acceptors (Lipinski definition) is 3. The largest absolute Gasteiger partial charge is 0.390 e. The minimum Gasteiger partial charge on any atom is -0.370 e. The van der Waals surface area contributed by atoms with Gasteiger partial charge in [-0.15, -0.1) is 0 Å². The highest BCUT2D eigenvalue weighted by Crippen LogP contribution is 2.22. The third-order valence-electron chi connectivity index (χ3n) is 2.72. The van der Waals surface area contributed by atoms with Crippen molar-refractivity contribution in [2.45, 2.75) is 25.9 Å². The molecule has 0 spiro atoms. The van der Waals surface area contributed by atoms with Gasteiger partial charge in [-0.25, -0.2) is 4.98 Å². The van der Waals surface area contributed by atoms with E-state index >= 15 is 0 Å². The van der Waals surface area contributed by atoms with Crippen molar-refractivity contribution >= 4 is 23.3 Å². The maximum atomic E-state index is 12.2. The Kier molecular flexibility index (Phi) is 6.26. The molecule has 1 rings (SSSR count). The van der Waals surface area contributed by atoms with Crippen LogP contribution in [0, 0.1) is 0 Å². The van der Waals surface area contributed by atoms with E-state index in [1.54, 1.807) is 0 Å². The lowest BCUT2D eigenvalue weighted by molar-refractivity contribution is -0.136. The zero-order chi connectivity index (χ0) is 16.0. The number of anilines is 1. The van der Waals surface area contributed by atoms with E-state index in [9.17, 15) is 18.0 Å². The van der Waals surface area contributed by atoms with Crippen LogP contribution in [0.3, 0.4) is 0 Å². The Morgan fingerprint density at radius 1 is 1.48 bits per heavy atom. The molecule has 4 nitrogen and oxygen atoms in total. The van der Waals surface area contributed by atoms with Crippen molar-refractivity contribution in [2.24, 2.45) is 0 Å². The lowest BCUT2D eigenvalue weighted by Gasteiger charge is -2.19. The third-order valence-corrected chi connectivity index (χ3v) is 3.02. The second-order valence-electron chi connectivity index (χ2n) is 4.57. The minimum atomic E-state index is -4.30. The van der Waals surface area contributed by atoms with Crippen molar-refractivity contribution in [1.29, 1.82) is 0 Å². The minimum absolute atomic E-state index is 0.112. The molecule has 0 saturated heterocycles. The van der Waals surface area contributed by atoms with Crippen LogP contribution in [0.25, 0.3) is 0 Å². The SMILES string of the molecule is CCCNc1cc(C(=O)N(C)CCC(F)(F)F)c(Cl)cn1. The fourth-order valence-electron chi connectivity index (χ4n) is 1.55. The van der Waals surface area contributed by atoms with E-state index in [0.29, 0.717) is 12.4 Å². The first kappa shape index (κ1) is 17.6. The van der Waals surface area contributed by atoms with Gasteiger partial charge in [-0.3, -0.25) is 4.79 Å². The van der Waals surface area contributed by atoms with E-state index in [1.807, 2.05) is 6.92 Å². The average molecular weight is 324 g/mol. The molecule has 0 aliphatic carbocycles. The van der Waals surface area contributed by atoms with Gasteiger partial charge in [0.2, 0.25) is 0 Å². The van der Waals surface area contributed by atoms with Crippen LogP contribution in [-0.4, -0.2) is 42.1 Å². The summed E-state index contributed by atoms with van der Waals surface area (Å²) in [7, 11) is 1.31. The highest BCUT2D eigenvalue weighted by atomic mass is 35.5. The summed E-state index contributed by atoms with van der Waals surface area (Å²) >= 11 is 5.90. The van der Waals surface area contributed by atoms with Crippen LogP contribution in [0.1, 0.15) is 30.1 Å². The Morgan fingerprint density at radius 2 is 2.14 bits per heavy atom. The van der Waals surface area contributed by atoms with Crippen LogP contribution < -0.4 is 5.32 Å². The van der Waals surface area contributed by atoms with Crippen LogP contribution in [0.2, 0.25) is 5.02 Å². The molecule has 1 amide bonds. The lowest BCUT2D eigenvalue weighted by atomic mass is 10.2. The molecular formula is C13H17ClF3N3O. The average Bonchev–Trinajstić information content (AvgIpc) is 2.42. The molecule has 0 aromatic carbocycles. The van der Waals surface area contributed by atoms with E-state index in [0.717, 1.165) is 11.3 Å². The van der Waals surface area contributed by atoms with Gasteiger partial charge in [0, 0.05) is 26.3 Å². The molecule has 1 heterocycles. The van der Waals surface area contributed by atoms with Crippen molar-refractivity contribution in [1.82, 2.24) is 9.88 Å². The topological polar surface area (TPSA) is 45.2 Å². The Balaban J connectivity index is 2.80. The number of alkyl halides is 3. The van der Waals surface area contributed by atoms with Crippen LogP contribution in [0.4, 0.5) is 19.0 Å². The summed E-state index contributed by atoms with van der Waals surface area (Å²) in [5, 5.41) is 3.10. The number of hydrogen-bond donors (Lipinski definition) is 1. The number of rotatable bonds is 6. The van der Waals surface area contributed by atoms with Crippen LogP contribution in [-0.2, 0) is 0 Å². The molecule has 0 unspecified atom stereocenters. The number of pyridine rings is 1. The zero-order valence-electron chi connectivity index (χ0n) is 11.8. The molecular weight excluding hydrogens is 307 g/mol. The predicted molar refractivity (Wildman–Crippen MR) is 75.7 cm³/mol. The van der Waals surface area contributed by atoms with Crippen molar-refractivity contribution < 1.29 is 18.0 Å². The fraction of sp³-hybridized carbons (Fsp3) is 0.538. The van der Waals surface area contributed by atoms with Gasteiger partial charge < -0.3 is 10.2 Å². The summed E-state index contributed by atoms with van der Waals surface area (Å²) in [6.45, 7) is 2.23. The molecule has 0 bridgehead atoms. The van der Waals surface area contributed by atoms with E-state index in [2.05, 4.69) is 10.3 Å². The van der Waals surface area contributed by atoms with Gasteiger partial charge >= 0.3 is 6.18 Å². The number of carbonyl (C=O) groups is 1. The van der Waals surface area contributed by atoms with Gasteiger partial charge in [0.1, 0.15) is 5.82 Å². The highest BCUT2D eigenvalue weighted by molar-refractivity contribution is 6.33. The molecule has 118 valence electrons. The molecule has 21 heavy (non-hydrogen) atoms. The van der Waals surface area contributed by atoms with Crippen molar-refractivity contribution in [2.75, 3.05) is 25.5 Å². The Labute approximate surface area is 126 Å². The van der Waals surface area contributed by atoms with Crippen molar-refractivity contribution in [3.05, 3.63) is 22.8 Å². The Hall–Kier alpha value is -1.50. The molecule has 0 fully saturated rings. The molecule has 0 aliphatic heterocycles. The second kappa shape index (κ2) is 7.49. The summed E-state index contributed by atoms with van der Waals surface area (Å²) in [6, 6.07) is 1.45. The number of nitrogens with one attached hydrogen (secondary N) is 1. The smallest absolute Gasteiger partial charge is 0.370 e. The van der Waals surface area contributed by atoms with E-state index in [4.69, 9.17) is 11.6 Å². The van der Waals surface area contributed by atoms with E-state index < -0.39 is 25.0 Å². The normalized spacial score (nSPS) is 11.3. The van der Waals surface area contributed by atoms with Gasteiger partial charge in [-0.2, -0.15) is 13.2 Å². The maximum absolute atomic E-state index is 12.2. The van der Waals surface area contributed by atoms with Gasteiger partial charge in [0.05, 0.1) is 17.0 Å². The summed E-state index contributed by atoms with van der Waals surface area (Å²) in [5.74, 6) is -0.0972. The molecule has 1 N–H and O–H groups in total. The molecule has 8 heteroatoms. The number of aromatic nitrogens is 1. The predicted octanol–water partition coefficient (Wildman–Crippen LogP) is 3.58. The molecule has 0 aliphatic rings. The van der Waals surface area contributed by atoms with Gasteiger partial charge in [-0.1, -0.05) is 18.5 Å². The third kappa shape index (κ3) is 5.79. The quantitative estimate of drug-likeness (QED) is 0.870. The zero-order valence-corrected chi connectivity index (χ0v) is 12.6. The van der Waals surface area contributed by atoms with Crippen LogP contribution in [0.5, 0.6) is 0 Å². The van der Waals surface area contributed by atoms with E-state index in [1.165, 1.54) is 19.3 Å². The standard InChI is InChI=1S/C13H17ClF3N3O/c1-3-5-18-11-7-9(10(14)8-19-11)12(21)20(2)6-4-13(15,16)17/h7-8H,3-6H2,1-2H3,(H,18,19). The first-order valence-corrected chi connectivity index (χ1v) is 6.84. The summed E-state index contributed by atoms with van der Waals surface area (Å²) in [4.78, 5) is 17.1. The van der Waals surface area contributed by atoms with Crippen molar-refractivity contribution in [3.63, 3.8) is 0 Å². The molecule has 0 atom stereocenters. The molecule has 0 saturated carbocycles. The number of carbonyl (C=O) groups excluding carboxylic acids is 1. The second-order valence-corrected chi connectivity index (χ2v) is 4.98. The summed E-state index contributed by atoms with van der Waals surface area (Å²) < 4.78 is 36.5.